The van der Waals surface area contributed by atoms with Gasteiger partial charge in [-0.25, -0.2) is 0 Å². The highest BCUT2D eigenvalue weighted by molar-refractivity contribution is 9.10. The molecule has 1 atom stereocenters. The van der Waals surface area contributed by atoms with E-state index in [2.05, 4.69) is 15.9 Å². The van der Waals surface area contributed by atoms with Gasteiger partial charge in [-0.2, -0.15) is 0 Å². The Morgan fingerprint density at radius 3 is 2.73 bits per heavy atom. The Kier molecular flexibility index (Phi) is 5.11. The van der Waals surface area contributed by atoms with Gasteiger partial charge in [0.2, 0.25) is 6.04 Å². The third-order valence-corrected chi connectivity index (χ3v) is 4.21. The molecule has 1 aromatic carbocycles. The smallest absolute Gasteiger partial charge is 0.222 e. The largest absolute Gasteiger partial charge is 0.264 e. The van der Waals surface area contributed by atoms with Crippen LogP contribution in [0, 0.1) is 10.1 Å². The lowest BCUT2D eigenvalue weighted by molar-refractivity contribution is -0.516. The molecule has 0 saturated heterocycles. The Hall–Kier alpha value is -0.550. The highest BCUT2D eigenvalue weighted by Crippen LogP contribution is 2.28. The molecule has 0 aromatic heterocycles. The second kappa shape index (κ2) is 6.12. The fraction of sp³-hybridized carbons (Fsp3) is 0.400. The Morgan fingerprint density at radius 1 is 1.53 bits per heavy atom. The molecule has 0 N–H and O–H groups in total. The summed E-state index contributed by atoms with van der Waals surface area (Å²) in [4.78, 5) is 11.5. The summed E-state index contributed by atoms with van der Waals surface area (Å²) in [6, 6.07) is 7.30. The van der Waals surface area contributed by atoms with E-state index in [1.807, 2.05) is 31.2 Å². The first-order valence-corrected chi connectivity index (χ1v) is 6.43. The minimum Gasteiger partial charge on any atom is -0.264 e. The van der Waals surface area contributed by atoms with Gasteiger partial charge < -0.3 is 0 Å². The summed E-state index contributed by atoms with van der Waals surface area (Å²) < 4.78 is 0.994. The monoisotopic (exact) mass is 289 g/mol. The third kappa shape index (κ3) is 3.83. The molecule has 0 heterocycles. The van der Waals surface area contributed by atoms with Gasteiger partial charge in [0.05, 0.1) is 5.75 Å². The predicted molar refractivity (Wildman–Crippen MR) is 65.9 cm³/mol. The minimum atomic E-state index is -0.456. The number of nitrogens with zero attached hydrogens (tertiary/aromatic N) is 1. The molecule has 3 nitrogen and oxygen atoms in total. The van der Waals surface area contributed by atoms with E-state index in [0.29, 0.717) is 12.2 Å². The summed E-state index contributed by atoms with van der Waals surface area (Å²) in [5, 5.41) is 10.6. The van der Waals surface area contributed by atoms with Gasteiger partial charge in [0.15, 0.2) is 0 Å². The molecule has 0 fully saturated rings. The number of halogens is 1. The third-order valence-electron chi connectivity index (χ3n) is 2.04. The van der Waals surface area contributed by atoms with E-state index in [1.165, 1.54) is 11.8 Å². The van der Waals surface area contributed by atoms with Crippen LogP contribution in [0.15, 0.2) is 33.6 Å². The Morgan fingerprint density at radius 2 is 2.20 bits per heavy atom. The van der Waals surface area contributed by atoms with Gasteiger partial charge in [0, 0.05) is 20.7 Å². The van der Waals surface area contributed by atoms with Crippen LogP contribution in [-0.2, 0) is 0 Å². The number of hydrogen-bond acceptors (Lipinski definition) is 3. The van der Waals surface area contributed by atoms with Crippen LogP contribution >= 0.6 is 27.7 Å². The SMILES string of the molecule is CCC(CSc1ccccc1Br)[N+](=O)[O-]. The van der Waals surface area contributed by atoms with Gasteiger partial charge in [-0.05, 0) is 28.1 Å². The van der Waals surface area contributed by atoms with Gasteiger partial charge in [0.25, 0.3) is 0 Å². The standard InChI is InChI=1S/C10H12BrNO2S/c1-2-8(12(13)14)7-15-10-6-4-3-5-9(10)11/h3-6,8H,2,7H2,1H3. The Bertz CT molecular complexity index is 346. The van der Waals surface area contributed by atoms with Crippen molar-refractivity contribution in [3.63, 3.8) is 0 Å². The van der Waals surface area contributed by atoms with Crippen molar-refractivity contribution in [2.45, 2.75) is 24.3 Å². The molecule has 0 radical (unpaired) electrons. The highest BCUT2D eigenvalue weighted by atomic mass is 79.9. The molecule has 15 heavy (non-hydrogen) atoms. The van der Waals surface area contributed by atoms with Crippen LogP contribution in [0.1, 0.15) is 13.3 Å². The quantitative estimate of drug-likeness (QED) is 0.473. The van der Waals surface area contributed by atoms with E-state index < -0.39 is 6.04 Å². The van der Waals surface area contributed by atoms with Crippen molar-refractivity contribution in [1.29, 1.82) is 0 Å². The maximum absolute atomic E-state index is 10.6. The second-order valence-corrected chi connectivity index (χ2v) is 5.01. The fourth-order valence-electron chi connectivity index (χ4n) is 1.08. The lowest BCUT2D eigenvalue weighted by Gasteiger charge is -2.07. The zero-order valence-corrected chi connectivity index (χ0v) is 10.8. The summed E-state index contributed by atoms with van der Waals surface area (Å²) in [7, 11) is 0. The predicted octanol–water partition coefficient (Wildman–Crippen LogP) is 3.60. The Balaban J connectivity index is 2.56. The molecular weight excluding hydrogens is 278 g/mol. The van der Waals surface area contributed by atoms with E-state index in [9.17, 15) is 10.1 Å². The van der Waals surface area contributed by atoms with Gasteiger partial charge in [-0.3, -0.25) is 10.1 Å². The molecule has 5 heteroatoms. The van der Waals surface area contributed by atoms with Crippen molar-refractivity contribution in [3.8, 4) is 0 Å². The normalized spacial score (nSPS) is 12.4. The van der Waals surface area contributed by atoms with Gasteiger partial charge in [-0.1, -0.05) is 19.1 Å². The average molecular weight is 290 g/mol. The van der Waals surface area contributed by atoms with Crippen LogP contribution in [0.3, 0.4) is 0 Å². The summed E-state index contributed by atoms with van der Waals surface area (Å²) >= 11 is 4.93. The summed E-state index contributed by atoms with van der Waals surface area (Å²) in [5.41, 5.74) is 0. The van der Waals surface area contributed by atoms with Crippen LogP contribution in [0.5, 0.6) is 0 Å². The van der Waals surface area contributed by atoms with Crippen LogP contribution in [0.25, 0.3) is 0 Å². The zero-order chi connectivity index (χ0) is 11.3. The summed E-state index contributed by atoms with van der Waals surface area (Å²) in [5.74, 6) is 0.520. The molecule has 82 valence electrons. The molecular formula is C10H12BrNO2S. The molecule has 1 rings (SSSR count). The Labute approximate surface area is 102 Å². The molecule has 0 aliphatic carbocycles. The number of rotatable bonds is 5. The highest BCUT2D eigenvalue weighted by Gasteiger charge is 2.17. The maximum atomic E-state index is 10.6. The van der Waals surface area contributed by atoms with Crippen molar-refractivity contribution in [1.82, 2.24) is 0 Å². The van der Waals surface area contributed by atoms with Crippen molar-refractivity contribution in [3.05, 3.63) is 38.9 Å². The van der Waals surface area contributed by atoms with Crippen LogP contribution < -0.4 is 0 Å². The van der Waals surface area contributed by atoms with Crippen molar-refractivity contribution in [2.24, 2.45) is 0 Å². The van der Waals surface area contributed by atoms with E-state index >= 15 is 0 Å². The number of hydrogen-bond donors (Lipinski definition) is 0. The van der Waals surface area contributed by atoms with E-state index in [1.54, 1.807) is 0 Å². The molecule has 0 aliphatic heterocycles. The lowest BCUT2D eigenvalue weighted by atomic mass is 10.3. The number of nitro groups is 1. The average Bonchev–Trinajstić information content (AvgIpc) is 2.21. The number of thioether (sulfide) groups is 1. The maximum Gasteiger partial charge on any atom is 0.222 e. The first-order chi connectivity index (χ1) is 7.15. The minimum absolute atomic E-state index is 0.205. The molecule has 0 saturated carbocycles. The van der Waals surface area contributed by atoms with Crippen LogP contribution in [0.4, 0.5) is 0 Å². The topological polar surface area (TPSA) is 43.1 Å². The first kappa shape index (κ1) is 12.5. The van der Waals surface area contributed by atoms with E-state index in [-0.39, 0.29) is 4.92 Å². The molecule has 0 spiro atoms. The van der Waals surface area contributed by atoms with Crippen molar-refractivity contribution >= 4 is 27.7 Å². The summed E-state index contributed by atoms with van der Waals surface area (Å²) in [6.07, 6.45) is 0.574. The van der Waals surface area contributed by atoms with Crippen molar-refractivity contribution < 1.29 is 4.92 Å². The van der Waals surface area contributed by atoms with Gasteiger partial charge in [0.1, 0.15) is 0 Å². The molecule has 0 amide bonds. The molecule has 1 unspecified atom stereocenters. The van der Waals surface area contributed by atoms with Crippen LogP contribution in [0.2, 0.25) is 0 Å². The zero-order valence-electron chi connectivity index (χ0n) is 8.35. The first-order valence-electron chi connectivity index (χ1n) is 4.66. The summed E-state index contributed by atoms with van der Waals surface area (Å²) in [6.45, 7) is 1.84. The van der Waals surface area contributed by atoms with Gasteiger partial charge in [-0.15, -0.1) is 11.8 Å². The lowest BCUT2D eigenvalue weighted by Crippen LogP contribution is -2.20. The molecule has 1 aromatic rings. The van der Waals surface area contributed by atoms with Crippen molar-refractivity contribution in [2.75, 3.05) is 5.75 Å². The van der Waals surface area contributed by atoms with E-state index in [4.69, 9.17) is 0 Å². The van der Waals surface area contributed by atoms with E-state index in [0.717, 1.165) is 9.37 Å². The van der Waals surface area contributed by atoms with Gasteiger partial charge >= 0.3 is 0 Å². The second-order valence-electron chi connectivity index (χ2n) is 3.09. The van der Waals surface area contributed by atoms with Crippen LogP contribution in [-0.4, -0.2) is 16.7 Å². The molecule has 0 bridgehead atoms. The fourth-order valence-corrected chi connectivity index (χ4v) is 2.81. The molecule has 0 aliphatic rings. The number of benzene rings is 1.